The molecule has 1 nitrogen and oxygen atoms in total. The SMILES string of the molecule is FC(F)(F)c1ccc(CNCc2cccc(Cl)c2Cl)cc1. The van der Waals surface area contributed by atoms with Gasteiger partial charge in [-0.1, -0.05) is 47.5 Å². The molecule has 21 heavy (non-hydrogen) atoms. The summed E-state index contributed by atoms with van der Waals surface area (Å²) in [6, 6.07) is 10.4. The lowest BCUT2D eigenvalue weighted by molar-refractivity contribution is -0.137. The highest BCUT2D eigenvalue weighted by atomic mass is 35.5. The number of halogens is 5. The number of rotatable bonds is 4. The summed E-state index contributed by atoms with van der Waals surface area (Å²) in [4.78, 5) is 0. The molecule has 0 spiro atoms. The molecule has 2 rings (SSSR count). The normalized spacial score (nSPS) is 11.7. The van der Waals surface area contributed by atoms with Gasteiger partial charge in [0.1, 0.15) is 0 Å². The van der Waals surface area contributed by atoms with Crippen LogP contribution in [0.4, 0.5) is 13.2 Å². The van der Waals surface area contributed by atoms with Gasteiger partial charge in [0.25, 0.3) is 0 Å². The third kappa shape index (κ3) is 4.37. The summed E-state index contributed by atoms with van der Waals surface area (Å²) < 4.78 is 37.3. The van der Waals surface area contributed by atoms with Gasteiger partial charge in [0.05, 0.1) is 15.6 Å². The molecule has 0 aliphatic heterocycles. The predicted molar refractivity (Wildman–Crippen MR) is 78.4 cm³/mol. The first kappa shape index (κ1) is 16.1. The highest BCUT2D eigenvalue weighted by Gasteiger charge is 2.29. The van der Waals surface area contributed by atoms with E-state index in [0.717, 1.165) is 23.3 Å². The lowest BCUT2D eigenvalue weighted by Crippen LogP contribution is -2.13. The maximum atomic E-state index is 12.4. The van der Waals surface area contributed by atoms with Crippen LogP contribution in [0.3, 0.4) is 0 Å². The summed E-state index contributed by atoms with van der Waals surface area (Å²) in [7, 11) is 0. The van der Waals surface area contributed by atoms with Crippen molar-refractivity contribution in [3.63, 3.8) is 0 Å². The van der Waals surface area contributed by atoms with Crippen LogP contribution in [0.1, 0.15) is 16.7 Å². The van der Waals surface area contributed by atoms with Gasteiger partial charge in [-0.2, -0.15) is 13.2 Å². The van der Waals surface area contributed by atoms with Crippen LogP contribution in [-0.2, 0) is 19.3 Å². The van der Waals surface area contributed by atoms with E-state index >= 15 is 0 Å². The molecule has 112 valence electrons. The van der Waals surface area contributed by atoms with Gasteiger partial charge in [-0.25, -0.2) is 0 Å². The number of nitrogens with one attached hydrogen (secondary N) is 1. The fourth-order valence-corrected chi connectivity index (χ4v) is 2.22. The highest BCUT2D eigenvalue weighted by Crippen LogP contribution is 2.29. The molecule has 0 saturated carbocycles. The zero-order valence-corrected chi connectivity index (χ0v) is 12.4. The van der Waals surface area contributed by atoms with Gasteiger partial charge in [-0.15, -0.1) is 0 Å². The van der Waals surface area contributed by atoms with Crippen molar-refractivity contribution in [3.8, 4) is 0 Å². The summed E-state index contributed by atoms with van der Waals surface area (Å²) in [5.74, 6) is 0. The van der Waals surface area contributed by atoms with Gasteiger partial charge in [0.2, 0.25) is 0 Å². The van der Waals surface area contributed by atoms with Gasteiger partial charge in [-0.3, -0.25) is 0 Å². The molecule has 0 atom stereocenters. The third-order valence-corrected chi connectivity index (χ3v) is 3.82. The van der Waals surface area contributed by atoms with Gasteiger partial charge in [0, 0.05) is 13.1 Å². The van der Waals surface area contributed by atoms with E-state index in [-0.39, 0.29) is 0 Å². The minimum atomic E-state index is -4.31. The van der Waals surface area contributed by atoms with Gasteiger partial charge >= 0.3 is 6.18 Å². The molecule has 0 bridgehead atoms. The van der Waals surface area contributed by atoms with Crippen LogP contribution in [0.25, 0.3) is 0 Å². The molecule has 2 aromatic carbocycles. The van der Waals surface area contributed by atoms with E-state index in [0.29, 0.717) is 23.1 Å². The third-order valence-electron chi connectivity index (χ3n) is 2.96. The Balaban J connectivity index is 1.93. The van der Waals surface area contributed by atoms with Crippen molar-refractivity contribution in [1.29, 1.82) is 0 Å². The Bertz CT molecular complexity index is 609. The predicted octanol–water partition coefficient (Wildman–Crippen LogP) is 5.30. The van der Waals surface area contributed by atoms with Crippen LogP contribution in [0.5, 0.6) is 0 Å². The molecule has 0 amide bonds. The second kappa shape index (κ2) is 6.69. The van der Waals surface area contributed by atoms with E-state index in [1.54, 1.807) is 12.1 Å². The molecular formula is C15H12Cl2F3N. The largest absolute Gasteiger partial charge is 0.416 e. The quantitative estimate of drug-likeness (QED) is 0.800. The van der Waals surface area contributed by atoms with Crippen LogP contribution >= 0.6 is 23.2 Å². The van der Waals surface area contributed by atoms with Crippen molar-refractivity contribution in [1.82, 2.24) is 5.32 Å². The Hall–Kier alpha value is -1.23. The smallest absolute Gasteiger partial charge is 0.309 e. The molecule has 6 heteroatoms. The van der Waals surface area contributed by atoms with E-state index in [2.05, 4.69) is 5.32 Å². The summed E-state index contributed by atoms with van der Waals surface area (Å²) >= 11 is 12.0. The minimum absolute atomic E-state index is 0.445. The first-order valence-electron chi connectivity index (χ1n) is 6.17. The van der Waals surface area contributed by atoms with Crippen LogP contribution in [-0.4, -0.2) is 0 Å². The van der Waals surface area contributed by atoms with Crippen molar-refractivity contribution in [3.05, 3.63) is 69.2 Å². The van der Waals surface area contributed by atoms with E-state index in [1.807, 2.05) is 6.07 Å². The Morgan fingerprint density at radius 2 is 1.57 bits per heavy atom. The van der Waals surface area contributed by atoms with E-state index in [4.69, 9.17) is 23.2 Å². The number of benzene rings is 2. The highest BCUT2D eigenvalue weighted by molar-refractivity contribution is 6.42. The standard InChI is InChI=1S/C15H12Cl2F3N/c16-13-3-1-2-11(14(13)17)9-21-8-10-4-6-12(7-5-10)15(18,19)20/h1-7,21H,8-9H2. The molecule has 0 unspecified atom stereocenters. The van der Waals surface area contributed by atoms with Crippen LogP contribution < -0.4 is 5.32 Å². The molecule has 0 fully saturated rings. The average Bonchev–Trinajstić information content (AvgIpc) is 2.43. The van der Waals surface area contributed by atoms with Gasteiger partial charge in [-0.05, 0) is 29.3 Å². The van der Waals surface area contributed by atoms with Crippen molar-refractivity contribution >= 4 is 23.2 Å². The van der Waals surface area contributed by atoms with Crippen LogP contribution in [0.15, 0.2) is 42.5 Å². The monoisotopic (exact) mass is 333 g/mol. The lowest BCUT2D eigenvalue weighted by Gasteiger charge is -2.09. The molecule has 0 heterocycles. The van der Waals surface area contributed by atoms with E-state index in [1.165, 1.54) is 12.1 Å². The van der Waals surface area contributed by atoms with Crippen molar-refractivity contribution in [2.24, 2.45) is 0 Å². The first-order chi connectivity index (χ1) is 9.88. The van der Waals surface area contributed by atoms with Crippen LogP contribution in [0, 0.1) is 0 Å². The molecule has 1 N–H and O–H groups in total. The fraction of sp³-hybridized carbons (Fsp3) is 0.200. The van der Waals surface area contributed by atoms with Crippen molar-refractivity contribution in [2.45, 2.75) is 19.3 Å². The Kier molecular flexibility index (Phi) is 5.14. The molecule has 0 aromatic heterocycles. The summed E-state index contributed by atoms with van der Waals surface area (Å²) in [6.07, 6.45) is -4.31. The number of hydrogen-bond donors (Lipinski definition) is 1. The number of hydrogen-bond acceptors (Lipinski definition) is 1. The van der Waals surface area contributed by atoms with E-state index in [9.17, 15) is 13.2 Å². The molecule has 0 aliphatic rings. The second-order valence-corrected chi connectivity index (χ2v) is 5.30. The average molecular weight is 334 g/mol. The summed E-state index contributed by atoms with van der Waals surface area (Å²) in [5, 5.41) is 4.08. The topological polar surface area (TPSA) is 12.0 Å². The molecular weight excluding hydrogens is 322 g/mol. The molecule has 0 radical (unpaired) electrons. The second-order valence-electron chi connectivity index (χ2n) is 4.51. The molecule has 2 aromatic rings. The molecule has 0 aliphatic carbocycles. The van der Waals surface area contributed by atoms with Crippen molar-refractivity contribution in [2.75, 3.05) is 0 Å². The number of alkyl halides is 3. The van der Waals surface area contributed by atoms with Crippen molar-refractivity contribution < 1.29 is 13.2 Å². The van der Waals surface area contributed by atoms with E-state index < -0.39 is 11.7 Å². The summed E-state index contributed by atoms with van der Waals surface area (Å²) in [6.45, 7) is 0.932. The lowest BCUT2D eigenvalue weighted by atomic mass is 10.1. The van der Waals surface area contributed by atoms with Gasteiger partial charge < -0.3 is 5.32 Å². The molecule has 0 saturated heterocycles. The van der Waals surface area contributed by atoms with Crippen LogP contribution in [0.2, 0.25) is 10.0 Å². The Labute approximate surface area is 130 Å². The maximum absolute atomic E-state index is 12.4. The zero-order chi connectivity index (χ0) is 15.5. The van der Waals surface area contributed by atoms with Gasteiger partial charge in [0.15, 0.2) is 0 Å². The maximum Gasteiger partial charge on any atom is 0.416 e. The minimum Gasteiger partial charge on any atom is -0.309 e. The first-order valence-corrected chi connectivity index (χ1v) is 6.93. The fourth-order valence-electron chi connectivity index (χ4n) is 1.84. The zero-order valence-electron chi connectivity index (χ0n) is 10.8. The summed E-state index contributed by atoms with van der Waals surface area (Å²) in [5.41, 5.74) is 0.960. The Morgan fingerprint density at radius 3 is 2.19 bits per heavy atom. The Morgan fingerprint density at radius 1 is 0.905 bits per heavy atom.